The molecule has 0 amide bonds. The van der Waals surface area contributed by atoms with Gasteiger partial charge < -0.3 is 4.57 Å². The Hall–Kier alpha value is -2.48. The maximum absolute atomic E-state index is 4.36. The van der Waals surface area contributed by atoms with Gasteiger partial charge in [0.1, 0.15) is 5.82 Å². The van der Waals surface area contributed by atoms with Crippen molar-refractivity contribution in [1.29, 1.82) is 0 Å². The van der Waals surface area contributed by atoms with Crippen LogP contribution in [0, 0.1) is 0 Å². The monoisotopic (exact) mass is 339 g/mol. The van der Waals surface area contributed by atoms with Crippen molar-refractivity contribution in [2.75, 3.05) is 0 Å². The highest BCUT2D eigenvalue weighted by Gasteiger charge is 2.30. The summed E-state index contributed by atoms with van der Waals surface area (Å²) in [5.74, 6) is 3.04. The van der Waals surface area contributed by atoms with Gasteiger partial charge in [-0.2, -0.15) is 4.68 Å². The average Bonchev–Trinajstić information content (AvgIpc) is 3.22. The van der Waals surface area contributed by atoms with Crippen LogP contribution in [0.25, 0.3) is 5.69 Å². The second kappa shape index (κ2) is 6.56. The van der Waals surface area contributed by atoms with Crippen LogP contribution in [-0.4, -0.2) is 35.0 Å². The van der Waals surface area contributed by atoms with Gasteiger partial charge in [-0.3, -0.25) is 0 Å². The molecule has 0 aliphatic heterocycles. The number of thioether (sulfide) groups is 1. The highest BCUT2D eigenvalue weighted by molar-refractivity contribution is 7.98. The molecule has 8 heteroatoms. The summed E-state index contributed by atoms with van der Waals surface area (Å²) in [7, 11) is 0. The molecule has 0 unspecified atom stereocenters. The quantitative estimate of drug-likeness (QED) is 0.486. The van der Waals surface area contributed by atoms with E-state index >= 15 is 0 Å². The van der Waals surface area contributed by atoms with Crippen molar-refractivity contribution in [3.63, 3.8) is 0 Å². The molecule has 4 rings (SSSR count). The molecule has 1 aromatic carbocycles. The van der Waals surface area contributed by atoms with E-state index in [2.05, 4.69) is 36.9 Å². The van der Waals surface area contributed by atoms with Gasteiger partial charge >= 0.3 is 0 Å². The van der Waals surface area contributed by atoms with Gasteiger partial charge in [0.2, 0.25) is 0 Å². The van der Waals surface area contributed by atoms with Crippen molar-refractivity contribution < 1.29 is 0 Å². The first kappa shape index (κ1) is 15.1. The first-order valence-corrected chi connectivity index (χ1v) is 8.85. The molecule has 0 atom stereocenters. The second-order valence-electron chi connectivity index (χ2n) is 5.65. The number of hydrogen-bond donors (Lipinski definition) is 0. The number of aromatic nitrogens is 7. The summed E-state index contributed by atoms with van der Waals surface area (Å²) in [4.78, 5) is 0. The molecule has 1 aliphatic carbocycles. The van der Waals surface area contributed by atoms with Crippen molar-refractivity contribution in [1.82, 2.24) is 35.0 Å². The standard InChI is InChI=1S/C16H17N7S/c1-2-10-22-15(12-8-9-12)18-19-16(22)24-11-14-17-20-21-23(14)13-6-4-3-5-7-13/h2-7,12H,1,8-11H2. The molecule has 3 aromatic rings. The number of nitrogens with zero attached hydrogens (tertiary/aromatic N) is 7. The largest absolute Gasteiger partial charge is 0.302 e. The van der Waals surface area contributed by atoms with Crippen molar-refractivity contribution >= 4 is 11.8 Å². The highest BCUT2D eigenvalue weighted by atomic mass is 32.2. The van der Waals surface area contributed by atoms with E-state index < -0.39 is 0 Å². The van der Waals surface area contributed by atoms with Crippen molar-refractivity contribution in [3.8, 4) is 5.69 Å². The number of rotatable bonds is 7. The SMILES string of the molecule is C=CCn1c(SCc2nnnn2-c2ccccc2)nnc1C1CC1. The van der Waals surface area contributed by atoms with Gasteiger partial charge in [-0.15, -0.1) is 21.9 Å². The second-order valence-corrected chi connectivity index (χ2v) is 6.59. The van der Waals surface area contributed by atoms with Crippen LogP contribution >= 0.6 is 11.8 Å². The van der Waals surface area contributed by atoms with Crippen LogP contribution in [0.2, 0.25) is 0 Å². The van der Waals surface area contributed by atoms with Gasteiger partial charge in [0.25, 0.3) is 0 Å². The van der Waals surface area contributed by atoms with E-state index in [1.807, 2.05) is 36.4 Å². The van der Waals surface area contributed by atoms with Gasteiger partial charge in [-0.25, -0.2) is 0 Å². The zero-order chi connectivity index (χ0) is 16.4. The van der Waals surface area contributed by atoms with Gasteiger partial charge in [-0.05, 0) is 35.4 Å². The maximum atomic E-state index is 4.36. The highest BCUT2D eigenvalue weighted by Crippen LogP contribution is 2.40. The van der Waals surface area contributed by atoms with E-state index in [1.54, 1.807) is 16.4 Å². The first-order chi connectivity index (χ1) is 11.9. The molecule has 0 radical (unpaired) electrons. The number of tetrazole rings is 1. The molecule has 2 aromatic heterocycles. The van der Waals surface area contributed by atoms with Gasteiger partial charge in [0.05, 0.1) is 11.4 Å². The Morgan fingerprint density at radius 2 is 2.00 bits per heavy atom. The lowest BCUT2D eigenvalue weighted by Crippen LogP contribution is -2.04. The summed E-state index contributed by atoms with van der Waals surface area (Å²) in [6, 6.07) is 9.87. The van der Waals surface area contributed by atoms with E-state index in [1.165, 1.54) is 12.8 Å². The molecule has 0 N–H and O–H groups in total. The van der Waals surface area contributed by atoms with Crippen LogP contribution in [0.3, 0.4) is 0 Å². The van der Waals surface area contributed by atoms with Crippen molar-refractivity contribution in [3.05, 3.63) is 54.6 Å². The van der Waals surface area contributed by atoms with Gasteiger partial charge in [-0.1, -0.05) is 36.0 Å². The Labute approximate surface area is 143 Å². The van der Waals surface area contributed by atoms with Gasteiger partial charge in [0, 0.05) is 12.5 Å². The van der Waals surface area contributed by atoms with Crippen LogP contribution in [0.5, 0.6) is 0 Å². The summed E-state index contributed by atoms with van der Waals surface area (Å²) < 4.78 is 3.90. The Morgan fingerprint density at radius 3 is 2.75 bits per heavy atom. The fourth-order valence-electron chi connectivity index (χ4n) is 2.55. The molecular formula is C16H17N7S. The molecule has 122 valence electrons. The van der Waals surface area contributed by atoms with Crippen LogP contribution in [0.4, 0.5) is 0 Å². The zero-order valence-corrected chi connectivity index (χ0v) is 13.9. The molecule has 1 fully saturated rings. The minimum absolute atomic E-state index is 0.557. The molecule has 0 bridgehead atoms. The lowest BCUT2D eigenvalue weighted by atomic mass is 10.3. The van der Waals surface area contributed by atoms with Crippen LogP contribution in [0.15, 0.2) is 48.1 Å². The molecule has 1 saturated carbocycles. The summed E-state index contributed by atoms with van der Waals surface area (Å²) in [5.41, 5.74) is 0.948. The lowest BCUT2D eigenvalue weighted by molar-refractivity contribution is 0.681. The first-order valence-electron chi connectivity index (χ1n) is 7.86. The average molecular weight is 339 g/mol. The number of allylic oxidation sites excluding steroid dienone is 1. The Kier molecular flexibility index (Phi) is 4.12. The number of para-hydroxylation sites is 1. The fourth-order valence-corrected chi connectivity index (χ4v) is 3.41. The summed E-state index contributed by atoms with van der Waals surface area (Å²) in [6.07, 6.45) is 4.28. The molecule has 0 spiro atoms. The fraction of sp³-hybridized carbons (Fsp3) is 0.312. The maximum Gasteiger partial charge on any atom is 0.191 e. The van der Waals surface area contributed by atoms with Crippen LogP contribution in [0.1, 0.15) is 30.4 Å². The third-order valence-electron chi connectivity index (χ3n) is 3.86. The van der Waals surface area contributed by atoms with Crippen LogP contribution in [-0.2, 0) is 12.3 Å². The molecule has 24 heavy (non-hydrogen) atoms. The predicted octanol–water partition coefficient (Wildman–Crippen LogP) is 2.61. The minimum Gasteiger partial charge on any atom is -0.302 e. The zero-order valence-electron chi connectivity index (χ0n) is 13.1. The Balaban J connectivity index is 1.54. The van der Waals surface area contributed by atoms with E-state index in [0.717, 1.165) is 29.0 Å². The Morgan fingerprint density at radius 1 is 1.17 bits per heavy atom. The predicted molar refractivity (Wildman–Crippen MR) is 90.9 cm³/mol. The molecule has 1 aliphatic rings. The van der Waals surface area contributed by atoms with Gasteiger partial charge in [0.15, 0.2) is 11.0 Å². The van der Waals surface area contributed by atoms with E-state index in [9.17, 15) is 0 Å². The number of hydrogen-bond acceptors (Lipinski definition) is 6. The summed E-state index contributed by atoms with van der Waals surface area (Å²) in [6.45, 7) is 4.57. The van der Waals surface area contributed by atoms with Crippen LogP contribution < -0.4 is 0 Å². The smallest absolute Gasteiger partial charge is 0.191 e. The topological polar surface area (TPSA) is 74.3 Å². The van der Waals surface area contributed by atoms with Crippen molar-refractivity contribution in [2.45, 2.75) is 36.2 Å². The third-order valence-corrected chi connectivity index (χ3v) is 4.83. The summed E-state index contributed by atoms with van der Waals surface area (Å²) >= 11 is 1.60. The Bertz CT molecular complexity index is 835. The van der Waals surface area contributed by atoms with E-state index in [0.29, 0.717) is 11.7 Å². The van der Waals surface area contributed by atoms with E-state index in [4.69, 9.17) is 0 Å². The lowest BCUT2D eigenvalue weighted by Gasteiger charge is -2.07. The summed E-state index contributed by atoms with van der Waals surface area (Å²) in [5, 5.41) is 21.6. The normalized spacial score (nSPS) is 14.0. The minimum atomic E-state index is 0.557. The molecule has 2 heterocycles. The molecule has 0 saturated heterocycles. The molecular weight excluding hydrogens is 322 g/mol. The number of benzene rings is 1. The van der Waals surface area contributed by atoms with Crippen molar-refractivity contribution in [2.24, 2.45) is 0 Å². The third kappa shape index (κ3) is 2.96. The molecule has 7 nitrogen and oxygen atoms in total. The van der Waals surface area contributed by atoms with E-state index in [-0.39, 0.29) is 0 Å².